The number of nitrogen functional groups attached to an aromatic ring is 1. The SMILES string of the molecule is CCC(C)Nc1ncnc(-c2ccc(Cl)cc2Cl)c1N. The summed E-state index contributed by atoms with van der Waals surface area (Å²) >= 11 is 12.1. The smallest absolute Gasteiger partial charge is 0.153 e. The summed E-state index contributed by atoms with van der Waals surface area (Å²) in [5, 5.41) is 4.34. The molecule has 0 bridgehead atoms. The third kappa shape index (κ3) is 3.14. The highest BCUT2D eigenvalue weighted by atomic mass is 35.5. The summed E-state index contributed by atoms with van der Waals surface area (Å²) in [5.74, 6) is 0.621. The second-order valence-electron chi connectivity index (χ2n) is 4.56. The fraction of sp³-hybridized carbons (Fsp3) is 0.286. The Balaban J connectivity index is 2.44. The molecule has 4 nitrogen and oxygen atoms in total. The normalized spacial score (nSPS) is 12.2. The Morgan fingerprint density at radius 2 is 2.05 bits per heavy atom. The zero-order valence-corrected chi connectivity index (χ0v) is 12.8. The molecule has 0 aliphatic rings. The number of aromatic nitrogens is 2. The van der Waals surface area contributed by atoms with E-state index in [4.69, 9.17) is 28.9 Å². The molecule has 0 radical (unpaired) electrons. The van der Waals surface area contributed by atoms with Gasteiger partial charge in [0.15, 0.2) is 5.82 Å². The number of anilines is 2. The Kier molecular flexibility index (Phi) is 4.68. The summed E-state index contributed by atoms with van der Waals surface area (Å²) in [4.78, 5) is 8.41. The van der Waals surface area contributed by atoms with Crippen molar-refractivity contribution in [3.05, 3.63) is 34.6 Å². The summed E-state index contributed by atoms with van der Waals surface area (Å²) in [6, 6.07) is 5.50. The number of nitrogens with zero attached hydrogens (tertiary/aromatic N) is 2. The van der Waals surface area contributed by atoms with Gasteiger partial charge < -0.3 is 11.1 Å². The molecule has 0 fully saturated rings. The summed E-state index contributed by atoms with van der Waals surface area (Å²) in [6.45, 7) is 4.16. The molecule has 106 valence electrons. The first-order valence-corrected chi connectivity index (χ1v) is 7.11. The van der Waals surface area contributed by atoms with E-state index in [1.807, 2.05) is 0 Å². The average molecular weight is 311 g/mol. The van der Waals surface area contributed by atoms with E-state index in [-0.39, 0.29) is 6.04 Å². The zero-order valence-electron chi connectivity index (χ0n) is 11.3. The van der Waals surface area contributed by atoms with Gasteiger partial charge in [0, 0.05) is 16.6 Å². The van der Waals surface area contributed by atoms with Crippen LogP contribution in [0.3, 0.4) is 0 Å². The molecule has 2 aromatic rings. The molecule has 1 unspecified atom stereocenters. The van der Waals surface area contributed by atoms with Gasteiger partial charge in [-0.3, -0.25) is 0 Å². The summed E-state index contributed by atoms with van der Waals surface area (Å²) in [5.41, 5.74) is 7.97. The van der Waals surface area contributed by atoms with E-state index < -0.39 is 0 Å². The maximum Gasteiger partial charge on any atom is 0.153 e. The van der Waals surface area contributed by atoms with E-state index in [1.165, 1.54) is 6.33 Å². The number of halogens is 2. The Morgan fingerprint density at radius 1 is 1.30 bits per heavy atom. The predicted octanol–water partition coefficient (Wildman–Crippen LogP) is 4.24. The Morgan fingerprint density at radius 3 is 2.70 bits per heavy atom. The van der Waals surface area contributed by atoms with E-state index in [1.54, 1.807) is 18.2 Å². The molecule has 0 aliphatic carbocycles. The van der Waals surface area contributed by atoms with Crippen molar-refractivity contribution in [2.75, 3.05) is 11.1 Å². The maximum atomic E-state index is 6.20. The van der Waals surface area contributed by atoms with Crippen LogP contribution in [0.25, 0.3) is 11.3 Å². The maximum absolute atomic E-state index is 6.20. The summed E-state index contributed by atoms with van der Waals surface area (Å²) < 4.78 is 0. The van der Waals surface area contributed by atoms with Gasteiger partial charge in [-0.1, -0.05) is 30.1 Å². The van der Waals surface area contributed by atoms with Crippen molar-refractivity contribution in [3.63, 3.8) is 0 Å². The first-order valence-electron chi connectivity index (χ1n) is 6.35. The topological polar surface area (TPSA) is 63.8 Å². The molecule has 0 amide bonds. The molecule has 20 heavy (non-hydrogen) atoms. The van der Waals surface area contributed by atoms with Crippen LogP contribution in [0, 0.1) is 0 Å². The van der Waals surface area contributed by atoms with Crippen molar-refractivity contribution in [2.45, 2.75) is 26.3 Å². The molecular formula is C14H16Cl2N4. The molecule has 2 rings (SSSR count). The first-order chi connectivity index (χ1) is 9.52. The molecule has 0 spiro atoms. The van der Waals surface area contributed by atoms with Crippen molar-refractivity contribution in [2.24, 2.45) is 0 Å². The molecule has 0 saturated carbocycles. The van der Waals surface area contributed by atoms with Gasteiger partial charge in [-0.05, 0) is 31.5 Å². The highest BCUT2D eigenvalue weighted by Gasteiger charge is 2.14. The molecule has 1 heterocycles. The van der Waals surface area contributed by atoms with Crippen LogP contribution < -0.4 is 11.1 Å². The van der Waals surface area contributed by atoms with Crippen LogP contribution in [-0.4, -0.2) is 16.0 Å². The van der Waals surface area contributed by atoms with Crippen molar-refractivity contribution < 1.29 is 0 Å². The monoisotopic (exact) mass is 310 g/mol. The van der Waals surface area contributed by atoms with Crippen LogP contribution in [0.1, 0.15) is 20.3 Å². The van der Waals surface area contributed by atoms with Gasteiger partial charge in [-0.2, -0.15) is 0 Å². The van der Waals surface area contributed by atoms with Gasteiger partial charge in [0.05, 0.1) is 5.02 Å². The lowest BCUT2D eigenvalue weighted by Gasteiger charge is -2.15. The Bertz CT molecular complexity index is 616. The minimum Gasteiger partial charge on any atom is -0.394 e. The number of rotatable bonds is 4. The third-order valence-corrected chi connectivity index (χ3v) is 3.61. The van der Waals surface area contributed by atoms with Crippen LogP contribution in [0.4, 0.5) is 11.5 Å². The standard InChI is InChI=1S/C14H16Cl2N4/c1-3-8(2)20-14-12(17)13(18-7-19-14)10-5-4-9(15)6-11(10)16/h4-8H,3,17H2,1-2H3,(H,18,19,20). The predicted molar refractivity (Wildman–Crippen MR) is 85.3 cm³/mol. The number of hydrogen-bond donors (Lipinski definition) is 2. The quantitative estimate of drug-likeness (QED) is 0.886. The van der Waals surface area contributed by atoms with Crippen molar-refractivity contribution in [3.8, 4) is 11.3 Å². The molecule has 1 atom stereocenters. The van der Waals surface area contributed by atoms with Crippen LogP contribution in [0.15, 0.2) is 24.5 Å². The number of nitrogens with two attached hydrogens (primary N) is 1. The number of benzene rings is 1. The van der Waals surface area contributed by atoms with Crippen LogP contribution in [-0.2, 0) is 0 Å². The lowest BCUT2D eigenvalue weighted by atomic mass is 10.1. The highest BCUT2D eigenvalue weighted by Crippen LogP contribution is 2.34. The average Bonchev–Trinajstić information content (AvgIpc) is 2.42. The van der Waals surface area contributed by atoms with Gasteiger partial charge in [-0.25, -0.2) is 9.97 Å². The molecule has 6 heteroatoms. The Hall–Kier alpha value is -1.52. The fourth-order valence-corrected chi connectivity index (χ4v) is 2.24. The van der Waals surface area contributed by atoms with Gasteiger partial charge in [0.25, 0.3) is 0 Å². The lowest BCUT2D eigenvalue weighted by molar-refractivity contribution is 0.759. The van der Waals surface area contributed by atoms with Crippen LogP contribution in [0.5, 0.6) is 0 Å². The second kappa shape index (κ2) is 6.29. The second-order valence-corrected chi connectivity index (χ2v) is 5.41. The molecule has 1 aromatic heterocycles. The van der Waals surface area contributed by atoms with E-state index in [0.29, 0.717) is 27.2 Å². The lowest BCUT2D eigenvalue weighted by Crippen LogP contribution is -2.16. The molecule has 3 N–H and O–H groups in total. The van der Waals surface area contributed by atoms with Crippen molar-refractivity contribution in [1.82, 2.24) is 9.97 Å². The molecule has 1 aromatic carbocycles. The summed E-state index contributed by atoms with van der Waals surface area (Å²) in [7, 11) is 0. The van der Waals surface area contributed by atoms with E-state index in [2.05, 4.69) is 29.1 Å². The van der Waals surface area contributed by atoms with Crippen LogP contribution in [0.2, 0.25) is 10.0 Å². The van der Waals surface area contributed by atoms with Crippen molar-refractivity contribution >= 4 is 34.7 Å². The Labute approximate surface area is 128 Å². The van der Waals surface area contributed by atoms with Crippen molar-refractivity contribution in [1.29, 1.82) is 0 Å². The summed E-state index contributed by atoms with van der Waals surface area (Å²) in [6.07, 6.45) is 2.45. The van der Waals surface area contributed by atoms with Gasteiger partial charge in [0.2, 0.25) is 0 Å². The molecule has 0 saturated heterocycles. The first kappa shape index (κ1) is 14.9. The van der Waals surface area contributed by atoms with Gasteiger partial charge in [0.1, 0.15) is 17.7 Å². The van der Waals surface area contributed by atoms with Crippen LogP contribution >= 0.6 is 23.2 Å². The van der Waals surface area contributed by atoms with E-state index >= 15 is 0 Å². The zero-order chi connectivity index (χ0) is 14.7. The molecule has 0 aliphatic heterocycles. The number of hydrogen-bond acceptors (Lipinski definition) is 4. The minimum atomic E-state index is 0.278. The molecular weight excluding hydrogens is 295 g/mol. The van der Waals surface area contributed by atoms with Gasteiger partial charge >= 0.3 is 0 Å². The van der Waals surface area contributed by atoms with Gasteiger partial charge in [-0.15, -0.1) is 0 Å². The largest absolute Gasteiger partial charge is 0.394 e. The third-order valence-electron chi connectivity index (χ3n) is 3.07. The number of nitrogens with one attached hydrogen (secondary N) is 1. The minimum absolute atomic E-state index is 0.278. The highest BCUT2D eigenvalue weighted by molar-refractivity contribution is 6.36. The van der Waals surface area contributed by atoms with E-state index in [0.717, 1.165) is 12.0 Å². The fourth-order valence-electron chi connectivity index (χ4n) is 1.74. The van der Waals surface area contributed by atoms with E-state index in [9.17, 15) is 0 Å².